The van der Waals surface area contributed by atoms with E-state index in [-0.39, 0.29) is 11.4 Å². The fourth-order valence-electron chi connectivity index (χ4n) is 1.63. The lowest BCUT2D eigenvalue weighted by molar-refractivity contribution is -0.119. The first-order valence-corrected chi connectivity index (χ1v) is 5.51. The van der Waals surface area contributed by atoms with E-state index < -0.39 is 0 Å². The Hall–Kier alpha value is -0.570. The number of rotatable bonds is 8. The van der Waals surface area contributed by atoms with E-state index >= 15 is 0 Å². The molecule has 0 aromatic rings. The quantitative estimate of drug-likeness (QED) is 0.587. The molecule has 1 unspecified atom stereocenters. The molecule has 0 saturated carbocycles. The Morgan fingerprint density at radius 1 is 1.36 bits per heavy atom. The van der Waals surface area contributed by atoms with Crippen LogP contribution in [0.15, 0.2) is 0 Å². The summed E-state index contributed by atoms with van der Waals surface area (Å²) in [7, 11) is 1.89. The second kappa shape index (κ2) is 6.82. The summed E-state index contributed by atoms with van der Waals surface area (Å²) in [5.41, 5.74) is 5.09. The predicted molar refractivity (Wildman–Crippen MR) is 60.0 cm³/mol. The number of carbonyl (C=O) groups excluding carboxylic acids is 1. The summed E-state index contributed by atoms with van der Waals surface area (Å²) in [5.74, 6) is -0.225. The predicted octanol–water partition coefficient (Wildman–Crippen LogP) is 1.81. The summed E-state index contributed by atoms with van der Waals surface area (Å²) in [6.45, 7) is 4.25. The zero-order valence-electron chi connectivity index (χ0n) is 9.73. The van der Waals surface area contributed by atoms with Gasteiger partial charge in [-0.05, 0) is 20.4 Å². The number of amides is 1. The van der Waals surface area contributed by atoms with E-state index in [1.165, 1.54) is 25.7 Å². The second-order valence-electron chi connectivity index (χ2n) is 4.26. The summed E-state index contributed by atoms with van der Waals surface area (Å²) in [5, 5.41) is 3.19. The van der Waals surface area contributed by atoms with Gasteiger partial charge in [-0.2, -0.15) is 0 Å². The largest absolute Gasteiger partial charge is 0.370 e. The van der Waals surface area contributed by atoms with Crippen LogP contribution in [0.5, 0.6) is 0 Å². The van der Waals surface area contributed by atoms with Gasteiger partial charge >= 0.3 is 0 Å². The molecule has 0 fully saturated rings. The van der Waals surface area contributed by atoms with Crippen LogP contribution in [-0.4, -0.2) is 18.5 Å². The SMILES string of the molecule is CCCCCCC(C)(CC(N)=O)NC. The monoisotopic (exact) mass is 200 g/mol. The normalized spacial score (nSPS) is 15.1. The smallest absolute Gasteiger partial charge is 0.219 e. The standard InChI is InChI=1S/C11H24N2O/c1-4-5-6-7-8-11(2,13-3)9-10(12)14/h13H,4-9H2,1-3H3,(H2,12,14). The van der Waals surface area contributed by atoms with Crippen molar-refractivity contribution < 1.29 is 4.79 Å². The second-order valence-corrected chi connectivity index (χ2v) is 4.26. The molecule has 0 rings (SSSR count). The van der Waals surface area contributed by atoms with Gasteiger partial charge in [-0.3, -0.25) is 4.79 Å². The Morgan fingerprint density at radius 2 is 2.00 bits per heavy atom. The van der Waals surface area contributed by atoms with Crippen LogP contribution in [0.2, 0.25) is 0 Å². The van der Waals surface area contributed by atoms with Crippen molar-refractivity contribution in [1.29, 1.82) is 0 Å². The Labute approximate surface area is 87.4 Å². The summed E-state index contributed by atoms with van der Waals surface area (Å²) in [4.78, 5) is 10.8. The van der Waals surface area contributed by atoms with Crippen LogP contribution in [0, 0.1) is 0 Å². The molecule has 3 N–H and O–H groups in total. The summed E-state index contributed by atoms with van der Waals surface area (Å²) >= 11 is 0. The molecule has 14 heavy (non-hydrogen) atoms. The van der Waals surface area contributed by atoms with Crippen molar-refractivity contribution in [2.75, 3.05) is 7.05 Å². The molecule has 0 saturated heterocycles. The zero-order chi connectivity index (χ0) is 11.0. The van der Waals surface area contributed by atoms with Gasteiger partial charge in [-0.1, -0.05) is 32.6 Å². The van der Waals surface area contributed by atoms with Gasteiger partial charge in [0.05, 0.1) is 0 Å². The highest BCUT2D eigenvalue weighted by Crippen LogP contribution is 2.18. The van der Waals surface area contributed by atoms with Crippen molar-refractivity contribution in [3.63, 3.8) is 0 Å². The van der Waals surface area contributed by atoms with Crippen LogP contribution >= 0.6 is 0 Å². The summed E-state index contributed by atoms with van der Waals surface area (Å²) < 4.78 is 0. The van der Waals surface area contributed by atoms with Crippen molar-refractivity contribution in [1.82, 2.24) is 5.32 Å². The van der Waals surface area contributed by atoms with Gasteiger partial charge in [0.1, 0.15) is 0 Å². The van der Waals surface area contributed by atoms with E-state index in [2.05, 4.69) is 19.2 Å². The number of hydrogen-bond donors (Lipinski definition) is 2. The molecular weight excluding hydrogens is 176 g/mol. The molecule has 0 aromatic heterocycles. The van der Waals surface area contributed by atoms with Gasteiger partial charge in [0.15, 0.2) is 0 Å². The molecule has 0 heterocycles. The van der Waals surface area contributed by atoms with Gasteiger partial charge in [0.25, 0.3) is 0 Å². The van der Waals surface area contributed by atoms with Gasteiger partial charge in [-0.15, -0.1) is 0 Å². The van der Waals surface area contributed by atoms with Crippen molar-refractivity contribution in [2.24, 2.45) is 5.73 Å². The lowest BCUT2D eigenvalue weighted by Gasteiger charge is -2.27. The third-order valence-corrected chi connectivity index (χ3v) is 2.75. The number of nitrogens with one attached hydrogen (secondary N) is 1. The summed E-state index contributed by atoms with van der Waals surface area (Å²) in [6, 6.07) is 0. The molecule has 1 atom stereocenters. The molecule has 84 valence electrons. The van der Waals surface area contributed by atoms with Crippen molar-refractivity contribution >= 4 is 5.91 Å². The Balaban J connectivity index is 3.80. The van der Waals surface area contributed by atoms with Crippen LogP contribution in [0.25, 0.3) is 0 Å². The molecule has 0 aliphatic rings. The minimum Gasteiger partial charge on any atom is -0.370 e. The molecule has 3 nitrogen and oxygen atoms in total. The average molecular weight is 200 g/mol. The molecule has 0 radical (unpaired) electrons. The van der Waals surface area contributed by atoms with Gasteiger partial charge in [0.2, 0.25) is 5.91 Å². The van der Waals surface area contributed by atoms with Crippen molar-refractivity contribution in [3.05, 3.63) is 0 Å². The van der Waals surface area contributed by atoms with Gasteiger partial charge in [0, 0.05) is 12.0 Å². The molecular formula is C11H24N2O. The fraction of sp³-hybridized carbons (Fsp3) is 0.909. The third kappa shape index (κ3) is 5.97. The van der Waals surface area contributed by atoms with E-state index in [0.29, 0.717) is 6.42 Å². The molecule has 0 spiro atoms. The number of nitrogens with two attached hydrogens (primary N) is 1. The van der Waals surface area contributed by atoms with E-state index in [1.807, 2.05) is 7.05 Å². The van der Waals surface area contributed by atoms with E-state index in [1.54, 1.807) is 0 Å². The average Bonchev–Trinajstić information content (AvgIpc) is 2.11. The Bertz CT molecular complexity index is 171. The summed E-state index contributed by atoms with van der Waals surface area (Å²) in [6.07, 6.45) is 6.37. The Kier molecular flexibility index (Phi) is 6.54. The molecule has 0 aliphatic carbocycles. The van der Waals surface area contributed by atoms with E-state index in [0.717, 1.165) is 6.42 Å². The fourth-order valence-corrected chi connectivity index (χ4v) is 1.63. The third-order valence-electron chi connectivity index (χ3n) is 2.75. The first kappa shape index (κ1) is 13.4. The Morgan fingerprint density at radius 3 is 2.43 bits per heavy atom. The number of unbranched alkanes of at least 4 members (excludes halogenated alkanes) is 3. The number of primary amides is 1. The maximum absolute atomic E-state index is 10.8. The molecule has 1 amide bonds. The maximum atomic E-state index is 10.8. The minimum absolute atomic E-state index is 0.112. The minimum atomic E-state index is -0.225. The van der Waals surface area contributed by atoms with Crippen LogP contribution in [0.1, 0.15) is 52.4 Å². The van der Waals surface area contributed by atoms with Gasteiger partial charge in [-0.25, -0.2) is 0 Å². The van der Waals surface area contributed by atoms with Gasteiger partial charge < -0.3 is 11.1 Å². The first-order valence-electron chi connectivity index (χ1n) is 5.51. The maximum Gasteiger partial charge on any atom is 0.219 e. The number of hydrogen-bond acceptors (Lipinski definition) is 2. The lowest BCUT2D eigenvalue weighted by Crippen LogP contribution is -2.43. The van der Waals surface area contributed by atoms with Crippen molar-refractivity contribution in [3.8, 4) is 0 Å². The van der Waals surface area contributed by atoms with Crippen molar-refractivity contribution in [2.45, 2.75) is 57.9 Å². The molecule has 3 heteroatoms. The van der Waals surface area contributed by atoms with E-state index in [4.69, 9.17) is 5.73 Å². The molecule has 0 aliphatic heterocycles. The molecule has 0 aromatic carbocycles. The highest BCUT2D eigenvalue weighted by Gasteiger charge is 2.23. The highest BCUT2D eigenvalue weighted by atomic mass is 16.1. The van der Waals surface area contributed by atoms with Crippen LogP contribution in [0.4, 0.5) is 0 Å². The first-order chi connectivity index (χ1) is 6.54. The molecule has 0 bridgehead atoms. The van der Waals surface area contributed by atoms with Crippen LogP contribution in [0.3, 0.4) is 0 Å². The topological polar surface area (TPSA) is 55.1 Å². The van der Waals surface area contributed by atoms with Crippen LogP contribution in [-0.2, 0) is 4.79 Å². The number of carbonyl (C=O) groups is 1. The lowest BCUT2D eigenvalue weighted by atomic mass is 9.90. The zero-order valence-corrected chi connectivity index (χ0v) is 9.73. The highest BCUT2D eigenvalue weighted by molar-refractivity contribution is 5.75. The van der Waals surface area contributed by atoms with E-state index in [9.17, 15) is 4.79 Å². The van der Waals surface area contributed by atoms with Crippen LogP contribution < -0.4 is 11.1 Å².